The number of rotatable bonds is 7. The van der Waals surface area contributed by atoms with Crippen molar-refractivity contribution in [3.63, 3.8) is 0 Å². The van der Waals surface area contributed by atoms with Gasteiger partial charge in [-0.3, -0.25) is 14.2 Å². The summed E-state index contributed by atoms with van der Waals surface area (Å²) in [6, 6.07) is 5.61. The topological polar surface area (TPSA) is 68.0 Å². The first-order valence-corrected chi connectivity index (χ1v) is 8.47. The minimum absolute atomic E-state index is 0.0714. The third-order valence-electron chi connectivity index (χ3n) is 3.85. The van der Waals surface area contributed by atoms with E-state index in [2.05, 4.69) is 20.4 Å². The highest BCUT2D eigenvalue weighted by molar-refractivity contribution is 6.31. The fraction of sp³-hybridized carbons (Fsp3) is 0.353. The zero-order valence-corrected chi connectivity index (χ0v) is 15.1. The summed E-state index contributed by atoms with van der Waals surface area (Å²) in [6.07, 6.45) is 5.60. The predicted octanol–water partition coefficient (Wildman–Crippen LogP) is 2.48. The Balaban J connectivity index is 1.55. The number of benzene rings is 1. The zero-order valence-electron chi connectivity index (χ0n) is 14.3. The standard InChI is InChI=1S/C17H21ClN6O/c1-22(2)7-8-23-12-15(11-19-23)21-17(25)5-6-24-16-9-14(18)4-3-13(16)10-20-24/h3-4,9-12H,5-8H2,1-2H3,(H,21,25). The summed E-state index contributed by atoms with van der Waals surface area (Å²) in [7, 11) is 4.02. The molecule has 8 heteroatoms. The average Bonchev–Trinajstić information content (AvgIpc) is 3.17. The van der Waals surface area contributed by atoms with Crippen molar-refractivity contribution in [1.29, 1.82) is 0 Å². The van der Waals surface area contributed by atoms with Gasteiger partial charge in [-0.15, -0.1) is 0 Å². The van der Waals surface area contributed by atoms with Crippen molar-refractivity contribution in [2.45, 2.75) is 19.5 Å². The molecule has 0 fully saturated rings. The molecule has 1 aromatic carbocycles. The van der Waals surface area contributed by atoms with Crippen LogP contribution in [0.1, 0.15) is 6.42 Å². The first-order chi connectivity index (χ1) is 12.0. The Morgan fingerprint density at radius 2 is 2.08 bits per heavy atom. The molecular weight excluding hydrogens is 340 g/mol. The third kappa shape index (κ3) is 4.58. The molecule has 3 rings (SSSR count). The van der Waals surface area contributed by atoms with Crippen LogP contribution >= 0.6 is 11.6 Å². The number of fused-ring (bicyclic) bond motifs is 1. The molecule has 132 valence electrons. The molecule has 25 heavy (non-hydrogen) atoms. The summed E-state index contributed by atoms with van der Waals surface area (Å²) in [5.74, 6) is -0.0714. The molecule has 2 heterocycles. The SMILES string of the molecule is CN(C)CCn1cc(NC(=O)CCn2ncc3ccc(Cl)cc32)cn1. The van der Waals surface area contributed by atoms with Gasteiger partial charge in [-0.2, -0.15) is 10.2 Å². The fourth-order valence-corrected chi connectivity index (χ4v) is 2.67. The maximum Gasteiger partial charge on any atom is 0.226 e. The number of aryl methyl sites for hydroxylation is 1. The lowest BCUT2D eigenvalue weighted by Crippen LogP contribution is -2.18. The second kappa shape index (κ2) is 7.67. The van der Waals surface area contributed by atoms with Gasteiger partial charge in [0.05, 0.1) is 36.7 Å². The van der Waals surface area contributed by atoms with Gasteiger partial charge in [-0.25, -0.2) is 0 Å². The van der Waals surface area contributed by atoms with Crippen molar-refractivity contribution in [3.8, 4) is 0 Å². The first-order valence-electron chi connectivity index (χ1n) is 8.09. The number of hydrogen-bond donors (Lipinski definition) is 1. The number of halogens is 1. The third-order valence-corrected chi connectivity index (χ3v) is 4.09. The molecule has 0 saturated heterocycles. The summed E-state index contributed by atoms with van der Waals surface area (Å²) in [4.78, 5) is 14.2. The van der Waals surface area contributed by atoms with E-state index in [9.17, 15) is 4.79 Å². The van der Waals surface area contributed by atoms with Gasteiger partial charge < -0.3 is 10.2 Å². The molecular formula is C17H21ClN6O. The molecule has 0 atom stereocenters. The number of nitrogens with zero attached hydrogens (tertiary/aromatic N) is 5. The molecule has 0 saturated carbocycles. The Morgan fingerprint density at radius 3 is 2.88 bits per heavy atom. The van der Waals surface area contributed by atoms with Gasteiger partial charge in [-0.05, 0) is 32.3 Å². The maximum atomic E-state index is 12.2. The molecule has 2 aromatic heterocycles. The lowest BCUT2D eigenvalue weighted by molar-refractivity contribution is -0.116. The number of nitrogens with one attached hydrogen (secondary N) is 1. The fourth-order valence-electron chi connectivity index (χ4n) is 2.51. The highest BCUT2D eigenvalue weighted by atomic mass is 35.5. The number of aromatic nitrogens is 4. The van der Waals surface area contributed by atoms with Gasteiger partial charge in [0.2, 0.25) is 5.91 Å². The van der Waals surface area contributed by atoms with Crippen molar-refractivity contribution in [2.75, 3.05) is 26.0 Å². The molecule has 0 aliphatic heterocycles. The quantitative estimate of drug-likeness (QED) is 0.702. The monoisotopic (exact) mass is 360 g/mol. The lowest BCUT2D eigenvalue weighted by atomic mass is 10.2. The van der Waals surface area contributed by atoms with E-state index in [1.807, 2.05) is 43.2 Å². The number of anilines is 1. The van der Waals surface area contributed by atoms with Crippen LogP contribution in [-0.2, 0) is 17.9 Å². The van der Waals surface area contributed by atoms with Crippen LogP contribution < -0.4 is 5.32 Å². The van der Waals surface area contributed by atoms with Crippen molar-refractivity contribution in [2.24, 2.45) is 0 Å². The zero-order chi connectivity index (χ0) is 17.8. The van der Waals surface area contributed by atoms with Crippen molar-refractivity contribution < 1.29 is 4.79 Å². The maximum absolute atomic E-state index is 12.2. The van der Waals surface area contributed by atoms with Crippen LogP contribution in [0.5, 0.6) is 0 Å². The Kier molecular flexibility index (Phi) is 5.35. The van der Waals surface area contributed by atoms with Crippen LogP contribution in [0, 0.1) is 0 Å². The van der Waals surface area contributed by atoms with Gasteiger partial charge in [0.1, 0.15) is 0 Å². The van der Waals surface area contributed by atoms with Crippen molar-refractivity contribution >= 4 is 34.1 Å². The second-order valence-electron chi connectivity index (χ2n) is 6.16. The van der Waals surface area contributed by atoms with Crippen LogP contribution in [0.3, 0.4) is 0 Å². The average molecular weight is 361 g/mol. The van der Waals surface area contributed by atoms with Gasteiger partial charge in [0, 0.05) is 29.6 Å². The minimum Gasteiger partial charge on any atom is -0.323 e. The van der Waals surface area contributed by atoms with Crippen LogP contribution in [0.4, 0.5) is 5.69 Å². The largest absolute Gasteiger partial charge is 0.323 e. The van der Waals surface area contributed by atoms with E-state index in [1.54, 1.807) is 17.1 Å². The smallest absolute Gasteiger partial charge is 0.226 e. The lowest BCUT2D eigenvalue weighted by Gasteiger charge is -2.08. The normalized spacial score (nSPS) is 11.4. The van der Waals surface area contributed by atoms with Crippen molar-refractivity contribution in [3.05, 3.63) is 41.8 Å². The first kappa shape index (κ1) is 17.4. The van der Waals surface area contributed by atoms with E-state index in [0.717, 1.165) is 24.0 Å². The summed E-state index contributed by atoms with van der Waals surface area (Å²) >= 11 is 6.03. The van der Waals surface area contributed by atoms with Gasteiger partial charge in [0.15, 0.2) is 0 Å². The number of carbonyl (C=O) groups is 1. The Hall–Kier alpha value is -2.38. The van der Waals surface area contributed by atoms with Gasteiger partial charge >= 0.3 is 0 Å². The predicted molar refractivity (Wildman–Crippen MR) is 98.8 cm³/mol. The number of likely N-dealkylation sites (N-methyl/N-ethyl adjacent to an activating group) is 1. The molecule has 0 unspecified atom stereocenters. The van der Waals surface area contributed by atoms with Crippen LogP contribution in [0.2, 0.25) is 5.02 Å². The van der Waals surface area contributed by atoms with E-state index in [4.69, 9.17) is 11.6 Å². The van der Waals surface area contributed by atoms with Crippen LogP contribution in [0.15, 0.2) is 36.8 Å². The minimum atomic E-state index is -0.0714. The summed E-state index contributed by atoms with van der Waals surface area (Å²) < 4.78 is 3.61. The van der Waals surface area contributed by atoms with E-state index >= 15 is 0 Å². The highest BCUT2D eigenvalue weighted by Gasteiger charge is 2.08. The summed E-state index contributed by atoms with van der Waals surface area (Å²) in [6.45, 7) is 2.16. The molecule has 1 amide bonds. The summed E-state index contributed by atoms with van der Waals surface area (Å²) in [5.41, 5.74) is 1.63. The van der Waals surface area contributed by atoms with Gasteiger partial charge in [0.25, 0.3) is 0 Å². The second-order valence-corrected chi connectivity index (χ2v) is 6.60. The molecule has 0 aliphatic carbocycles. The molecule has 1 N–H and O–H groups in total. The Labute approximate surface area is 151 Å². The van der Waals surface area contributed by atoms with Crippen LogP contribution in [-0.4, -0.2) is 51.0 Å². The number of carbonyl (C=O) groups excluding carboxylic acids is 1. The van der Waals surface area contributed by atoms with Crippen LogP contribution in [0.25, 0.3) is 10.9 Å². The molecule has 0 radical (unpaired) electrons. The molecule has 3 aromatic rings. The van der Waals surface area contributed by atoms with Crippen molar-refractivity contribution in [1.82, 2.24) is 24.5 Å². The molecule has 0 aliphatic rings. The molecule has 0 bridgehead atoms. The summed E-state index contributed by atoms with van der Waals surface area (Å²) in [5, 5.41) is 13.1. The Bertz CT molecular complexity index is 869. The van der Waals surface area contributed by atoms with E-state index < -0.39 is 0 Å². The van der Waals surface area contributed by atoms with E-state index in [1.165, 1.54) is 0 Å². The Morgan fingerprint density at radius 1 is 1.24 bits per heavy atom. The number of hydrogen-bond acceptors (Lipinski definition) is 4. The van der Waals surface area contributed by atoms with Gasteiger partial charge in [-0.1, -0.05) is 11.6 Å². The molecule has 7 nitrogen and oxygen atoms in total. The number of amides is 1. The van der Waals surface area contributed by atoms with E-state index in [0.29, 0.717) is 23.7 Å². The van der Waals surface area contributed by atoms with E-state index in [-0.39, 0.29) is 5.91 Å². The highest BCUT2D eigenvalue weighted by Crippen LogP contribution is 2.19. The molecule has 0 spiro atoms.